The maximum Gasteiger partial charge on any atom is 0.256 e. The smallest absolute Gasteiger partial charge is 0.256 e. The van der Waals surface area contributed by atoms with Gasteiger partial charge in [0, 0.05) is 30.8 Å². The van der Waals surface area contributed by atoms with Crippen LogP contribution in [-0.4, -0.2) is 49.0 Å². The largest absolute Gasteiger partial charge is 0.347 e. The third-order valence-corrected chi connectivity index (χ3v) is 7.34. The van der Waals surface area contributed by atoms with Gasteiger partial charge < -0.3 is 10.2 Å². The molecule has 0 unspecified atom stereocenters. The van der Waals surface area contributed by atoms with Crippen LogP contribution >= 0.6 is 11.6 Å². The van der Waals surface area contributed by atoms with Crippen molar-refractivity contribution in [1.29, 1.82) is 0 Å². The second kappa shape index (κ2) is 8.98. The van der Waals surface area contributed by atoms with Crippen LogP contribution < -0.4 is 5.32 Å². The maximum absolute atomic E-state index is 14.5. The van der Waals surface area contributed by atoms with E-state index in [2.05, 4.69) is 10.3 Å². The minimum absolute atomic E-state index is 0.0219. The van der Waals surface area contributed by atoms with Crippen molar-refractivity contribution in [1.82, 2.24) is 15.2 Å². The van der Waals surface area contributed by atoms with E-state index in [-0.39, 0.29) is 27.0 Å². The summed E-state index contributed by atoms with van der Waals surface area (Å²) in [5.74, 6) is -2.51. The number of amides is 2. The topological polar surface area (TPSA) is 96.4 Å². The molecule has 33 heavy (non-hydrogen) atoms. The van der Waals surface area contributed by atoms with Gasteiger partial charge in [-0.25, -0.2) is 17.2 Å². The quantitative estimate of drug-likeness (QED) is 0.618. The number of carbonyl (C=O) groups excluding carboxylic acids is 2. The average Bonchev–Trinajstić information content (AvgIpc) is 3.49. The summed E-state index contributed by atoms with van der Waals surface area (Å²) in [6, 6.07) is 1.57. The van der Waals surface area contributed by atoms with Crippen molar-refractivity contribution in [3.8, 4) is 0 Å². The van der Waals surface area contributed by atoms with E-state index in [1.807, 2.05) is 0 Å². The molecule has 2 amide bonds. The van der Waals surface area contributed by atoms with Gasteiger partial charge in [0.2, 0.25) is 5.91 Å². The zero-order valence-electron chi connectivity index (χ0n) is 17.7. The first-order valence-corrected chi connectivity index (χ1v) is 12.7. The molecule has 0 radical (unpaired) electrons. The number of rotatable bonds is 6. The first kappa shape index (κ1) is 23.6. The Labute approximate surface area is 195 Å². The Kier molecular flexibility index (Phi) is 6.41. The van der Waals surface area contributed by atoms with Crippen molar-refractivity contribution in [3.05, 3.63) is 58.4 Å². The van der Waals surface area contributed by atoms with Crippen LogP contribution in [0.4, 0.5) is 8.78 Å². The van der Waals surface area contributed by atoms with Crippen LogP contribution in [0.5, 0.6) is 0 Å². The summed E-state index contributed by atoms with van der Waals surface area (Å²) in [5.41, 5.74) is 0.0795. The summed E-state index contributed by atoms with van der Waals surface area (Å²) in [5, 5.41) is 2.46. The highest BCUT2D eigenvalue weighted by Gasteiger charge is 2.40. The summed E-state index contributed by atoms with van der Waals surface area (Å²) in [4.78, 5) is 31.3. The zero-order chi connectivity index (χ0) is 23.9. The molecule has 11 heteroatoms. The van der Waals surface area contributed by atoms with Gasteiger partial charge in [-0.1, -0.05) is 11.6 Å². The highest BCUT2D eigenvalue weighted by atomic mass is 35.5. The Morgan fingerprint density at radius 1 is 1.15 bits per heavy atom. The summed E-state index contributed by atoms with van der Waals surface area (Å²) in [6.07, 6.45) is 5.90. The standard InChI is InChI=1S/C22H22ClF2N3O4S/c1-33(31,32)14-7-13(10-26-11-14)22(30)28-6-2-3-19(28)21(29)27-20(12-4-5-12)15-8-18(25)16(23)9-17(15)24/h7-12,19-20H,2-6H2,1H3,(H,27,29)/t19-,20-/m1/s1. The monoisotopic (exact) mass is 497 g/mol. The normalized spacial score (nSPS) is 19.4. The fourth-order valence-electron chi connectivity index (χ4n) is 4.09. The van der Waals surface area contributed by atoms with Gasteiger partial charge in [-0.2, -0.15) is 0 Å². The van der Waals surface area contributed by atoms with Crippen LogP contribution in [0.15, 0.2) is 35.5 Å². The number of halogens is 3. The molecule has 2 heterocycles. The molecule has 0 spiro atoms. The molecule has 7 nitrogen and oxygen atoms in total. The lowest BCUT2D eigenvalue weighted by molar-refractivity contribution is -0.125. The fourth-order valence-corrected chi connectivity index (χ4v) is 4.84. The lowest BCUT2D eigenvalue weighted by atomic mass is 10.0. The maximum atomic E-state index is 14.5. The number of hydrogen-bond donors (Lipinski definition) is 1. The number of benzene rings is 1. The van der Waals surface area contributed by atoms with E-state index in [4.69, 9.17) is 11.6 Å². The van der Waals surface area contributed by atoms with Crippen LogP contribution in [0.3, 0.4) is 0 Å². The Morgan fingerprint density at radius 3 is 2.55 bits per heavy atom. The number of nitrogens with one attached hydrogen (secondary N) is 1. The fraction of sp³-hybridized carbons (Fsp3) is 0.409. The SMILES string of the molecule is CS(=O)(=O)c1cncc(C(=O)N2CCC[C@@H]2C(=O)N[C@@H](c2cc(F)c(Cl)cc2F)C2CC2)c1. The Hall–Kier alpha value is -2.59. The molecule has 2 atom stereocenters. The number of aromatic nitrogens is 1. The number of hydrogen-bond acceptors (Lipinski definition) is 5. The van der Waals surface area contributed by atoms with Crippen LogP contribution in [0, 0.1) is 17.6 Å². The summed E-state index contributed by atoms with van der Waals surface area (Å²) in [7, 11) is -3.56. The number of likely N-dealkylation sites (tertiary alicyclic amines) is 1. The average molecular weight is 498 g/mol. The predicted molar refractivity (Wildman–Crippen MR) is 116 cm³/mol. The van der Waals surface area contributed by atoms with Gasteiger partial charge in [-0.3, -0.25) is 14.6 Å². The molecule has 4 rings (SSSR count). The van der Waals surface area contributed by atoms with Crippen molar-refractivity contribution in [2.45, 2.75) is 42.7 Å². The number of pyridine rings is 1. The van der Waals surface area contributed by atoms with Crippen molar-refractivity contribution < 1.29 is 26.8 Å². The molecule has 2 aromatic rings. The molecule has 1 aliphatic heterocycles. The summed E-state index contributed by atoms with van der Waals surface area (Å²) < 4.78 is 52.1. The van der Waals surface area contributed by atoms with Crippen LogP contribution in [0.1, 0.15) is 47.6 Å². The van der Waals surface area contributed by atoms with E-state index in [1.54, 1.807) is 0 Å². The van der Waals surface area contributed by atoms with E-state index in [1.165, 1.54) is 17.2 Å². The molecule has 0 bridgehead atoms. The molecular formula is C22H22ClF2N3O4S. The van der Waals surface area contributed by atoms with Crippen molar-refractivity contribution in [3.63, 3.8) is 0 Å². The van der Waals surface area contributed by atoms with E-state index >= 15 is 0 Å². The highest BCUT2D eigenvalue weighted by Crippen LogP contribution is 2.42. The van der Waals surface area contributed by atoms with Crippen LogP contribution in [0.2, 0.25) is 5.02 Å². The van der Waals surface area contributed by atoms with E-state index in [0.29, 0.717) is 19.4 Å². The van der Waals surface area contributed by atoms with Crippen LogP contribution in [0.25, 0.3) is 0 Å². The third kappa shape index (κ3) is 5.01. The van der Waals surface area contributed by atoms with E-state index in [9.17, 15) is 26.8 Å². The number of carbonyl (C=O) groups is 2. The third-order valence-electron chi connectivity index (χ3n) is 5.97. The Bertz CT molecular complexity index is 1220. The lowest BCUT2D eigenvalue weighted by Gasteiger charge is -2.27. The van der Waals surface area contributed by atoms with Crippen molar-refractivity contribution in [2.24, 2.45) is 5.92 Å². The Morgan fingerprint density at radius 2 is 1.88 bits per heavy atom. The van der Waals surface area contributed by atoms with Gasteiger partial charge in [0.1, 0.15) is 17.7 Å². The second-order valence-corrected chi connectivity index (χ2v) is 10.9. The number of nitrogens with zero attached hydrogens (tertiary/aromatic N) is 2. The molecule has 1 aromatic heterocycles. The van der Waals surface area contributed by atoms with Gasteiger partial charge in [-0.15, -0.1) is 0 Å². The lowest BCUT2D eigenvalue weighted by Crippen LogP contribution is -2.47. The molecule has 1 aromatic carbocycles. The Balaban J connectivity index is 1.55. The number of sulfone groups is 1. The predicted octanol–water partition coefficient (Wildman–Crippen LogP) is 3.29. The minimum atomic E-state index is -3.56. The van der Waals surface area contributed by atoms with Gasteiger partial charge >= 0.3 is 0 Å². The second-order valence-electron chi connectivity index (χ2n) is 8.45. The van der Waals surface area contributed by atoms with E-state index in [0.717, 1.165) is 37.4 Å². The molecule has 1 saturated carbocycles. The molecule has 2 aliphatic rings. The zero-order valence-corrected chi connectivity index (χ0v) is 19.3. The van der Waals surface area contributed by atoms with Gasteiger partial charge in [0.15, 0.2) is 9.84 Å². The first-order chi connectivity index (χ1) is 15.6. The molecule has 2 fully saturated rings. The first-order valence-electron chi connectivity index (χ1n) is 10.5. The molecular weight excluding hydrogens is 476 g/mol. The van der Waals surface area contributed by atoms with Crippen molar-refractivity contribution >= 4 is 33.3 Å². The van der Waals surface area contributed by atoms with E-state index < -0.39 is 45.4 Å². The molecule has 1 aliphatic carbocycles. The highest BCUT2D eigenvalue weighted by molar-refractivity contribution is 7.90. The van der Waals surface area contributed by atoms with Gasteiger partial charge in [0.05, 0.1) is 21.5 Å². The summed E-state index contributed by atoms with van der Waals surface area (Å²) in [6.45, 7) is 0.304. The molecule has 1 saturated heterocycles. The minimum Gasteiger partial charge on any atom is -0.347 e. The van der Waals surface area contributed by atoms with Gasteiger partial charge in [-0.05, 0) is 49.8 Å². The molecule has 1 N–H and O–H groups in total. The van der Waals surface area contributed by atoms with Gasteiger partial charge in [0.25, 0.3) is 5.91 Å². The summed E-state index contributed by atoms with van der Waals surface area (Å²) >= 11 is 5.66. The van der Waals surface area contributed by atoms with Crippen molar-refractivity contribution in [2.75, 3.05) is 12.8 Å². The molecule has 176 valence electrons. The van der Waals surface area contributed by atoms with Crippen LogP contribution in [-0.2, 0) is 14.6 Å².